The summed E-state index contributed by atoms with van der Waals surface area (Å²) in [6.07, 6.45) is -0.806. The lowest BCUT2D eigenvalue weighted by Gasteiger charge is -2.18. The Kier molecular flexibility index (Phi) is 3.35. The highest BCUT2D eigenvalue weighted by Crippen LogP contribution is 2.39. The van der Waals surface area contributed by atoms with Crippen LogP contribution in [0.1, 0.15) is 5.56 Å². The fourth-order valence-corrected chi connectivity index (χ4v) is 2.93. The molecule has 1 heterocycles. The Morgan fingerprint density at radius 2 is 2.04 bits per heavy atom. The number of hydrogen-bond donors (Lipinski definition) is 2. The van der Waals surface area contributed by atoms with Crippen LogP contribution in [0, 0.1) is 17.0 Å². The van der Waals surface area contributed by atoms with Crippen molar-refractivity contribution < 1.29 is 14.4 Å². The summed E-state index contributed by atoms with van der Waals surface area (Å²) in [7, 11) is 0. The van der Waals surface area contributed by atoms with Crippen LogP contribution >= 0.6 is 0 Å². The number of nitro groups is 1. The third-order valence-electron chi connectivity index (χ3n) is 4.13. The van der Waals surface area contributed by atoms with Gasteiger partial charge in [0.15, 0.2) is 11.5 Å². The average molecular weight is 337 g/mol. The molecule has 3 N–H and O–H groups in total. The van der Waals surface area contributed by atoms with E-state index in [4.69, 9.17) is 15.2 Å². The number of non-ortho nitro benzene ring substituents is 1. The van der Waals surface area contributed by atoms with E-state index in [0.29, 0.717) is 22.9 Å². The van der Waals surface area contributed by atoms with Crippen LogP contribution < -0.4 is 20.5 Å². The van der Waals surface area contributed by atoms with Crippen LogP contribution in [0.25, 0.3) is 10.8 Å². The summed E-state index contributed by atoms with van der Waals surface area (Å²) in [6.45, 7) is 1.91. The minimum Gasteiger partial charge on any atom is -0.435 e. The predicted octanol–water partition coefficient (Wildman–Crippen LogP) is 3.81. The van der Waals surface area contributed by atoms with E-state index in [1.54, 1.807) is 6.07 Å². The zero-order chi connectivity index (χ0) is 17.6. The van der Waals surface area contributed by atoms with Gasteiger partial charge >= 0.3 is 6.41 Å². The van der Waals surface area contributed by atoms with Crippen LogP contribution in [-0.2, 0) is 0 Å². The van der Waals surface area contributed by atoms with Crippen LogP contribution in [0.15, 0.2) is 48.5 Å². The topological polar surface area (TPSA) is 99.7 Å². The van der Waals surface area contributed by atoms with Gasteiger partial charge in [-0.15, -0.1) is 0 Å². The minimum absolute atomic E-state index is 0.0393. The third-order valence-corrected chi connectivity index (χ3v) is 4.13. The summed E-state index contributed by atoms with van der Waals surface area (Å²) in [5.74, 6) is 0.898. The summed E-state index contributed by atoms with van der Waals surface area (Å²) < 4.78 is 11.5. The van der Waals surface area contributed by atoms with Crippen LogP contribution in [0.5, 0.6) is 11.5 Å². The second-order valence-corrected chi connectivity index (χ2v) is 5.81. The van der Waals surface area contributed by atoms with E-state index < -0.39 is 11.3 Å². The molecule has 0 saturated carbocycles. The Morgan fingerprint density at radius 1 is 1.24 bits per heavy atom. The molecule has 0 aromatic heterocycles. The molecule has 126 valence electrons. The maximum Gasteiger partial charge on any atom is 0.325 e. The first-order chi connectivity index (χ1) is 12.0. The van der Waals surface area contributed by atoms with E-state index in [2.05, 4.69) is 5.32 Å². The maximum atomic E-state index is 10.9. The molecule has 1 atom stereocenters. The molecule has 4 rings (SSSR count). The number of hydrogen-bond acceptors (Lipinski definition) is 6. The van der Waals surface area contributed by atoms with Gasteiger partial charge in [-0.2, -0.15) is 0 Å². The molecule has 0 spiro atoms. The first kappa shape index (κ1) is 15.1. The molecule has 7 heteroatoms. The molecule has 0 bridgehead atoms. The standard InChI is InChI=1S/C18H15N3O4/c1-10-8-11-4-2-3-5-13(11)16(19)17(10)25-18-20-14-7-6-12(21(22)23)9-15(14)24-18/h2-9,18,20H,19H2,1H3. The van der Waals surface area contributed by atoms with Gasteiger partial charge in [0, 0.05) is 11.5 Å². The van der Waals surface area contributed by atoms with E-state index >= 15 is 0 Å². The number of nitrogen functional groups attached to an aromatic ring is 1. The van der Waals surface area contributed by atoms with Gasteiger partial charge in [-0.3, -0.25) is 10.1 Å². The van der Waals surface area contributed by atoms with Crippen molar-refractivity contribution in [2.24, 2.45) is 0 Å². The summed E-state index contributed by atoms with van der Waals surface area (Å²) in [4.78, 5) is 10.4. The van der Waals surface area contributed by atoms with Gasteiger partial charge < -0.3 is 20.5 Å². The van der Waals surface area contributed by atoms with Crippen molar-refractivity contribution in [1.29, 1.82) is 0 Å². The first-order valence-electron chi connectivity index (χ1n) is 7.69. The van der Waals surface area contributed by atoms with Crippen LogP contribution in [0.4, 0.5) is 17.1 Å². The number of nitrogens with two attached hydrogens (primary N) is 1. The van der Waals surface area contributed by atoms with E-state index in [1.807, 2.05) is 37.3 Å². The normalized spacial score (nSPS) is 15.3. The van der Waals surface area contributed by atoms with Gasteiger partial charge in [0.1, 0.15) is 0 Å². The number of anilines is 2. The summed E-state index contributed by atoms with van der Waals surface area (Å²) in [5.41, 5.74) is 8.27. The van der Waals surface area contributed by atoms with Crippen molar-refractivity contribution in [3.8, 4) is 11.5 Å². The predicted molar refractivity (Wildman–Crippen MR) is 94.9 cm³/mol. The Bertz CT molecular complexity index is 1000. The highest BCUT2D eigenvalue weighted by molar-refractivity contribution is 5.96. The number of fused-ring (bicyclic) bond motifs is 2. The lowest BCUT2D eigenvalue weighted by atomic mass is 10.0. The maximum absolute atomic E-state index is 10.9. The van der Waals surface area contributed by atoms with E-state index in [9.17, 15) is 10.1 Å². The molecule has 1 unspecified atom stereocenters. The fraction of sp³-hybridized carbons (Fsp3) is 0.111. The van der Waals surface area contributed by atoms with Crippen LogP contribution in [0.3, 0.4) is 0 Å². The molecule has 7 nitrogen and oxygen atoms in total. The monoisotopic (exact) mass is 337 g/mol. The molecule has 3 aromatic carbocycles. The Labute approximate surface area is 143 Å². The Morgan fingerprint density at radius 3 is 2.84 bits per heavy atom. The molecule has 0 amide bonds. The van der Waals surface area contributed by atoms with Gasteiger partial charge in [0.2, 0.25) is 0 Å². The number of nitro benzene ring substituents is 1. The molecular formula is C18H15N3O4. The lowest BCUT2D eigenvalue weighted by molar-refractivity contribution is -0.384. The van der Waals surface area contributed by atoms with Gasteiger partial charge in [-0.05, 0) is 30.0 Å². The summed E-state index contributed by atoms with van der Waals surface area (Å²) >= 11 is 0. The third kappa shape index (κ3) is 2.55. The second kappa shape index (κ2) is 5.55. The van der Waals surface area contributed by atoms with Crippen molar-refractivity contribution in [3.63, 3.8) is 0 Å². The number of nitrogens with zero attached hydrogens (tertiary/aromatic N) is 1. The van der Waals surface area contributed by atoms with Crippen molar-refractivity contribution in [3.05, 3.63) is 64.2 Å². The van der Waals surface area contributed by atoms with E-state index in [1.165, 1.54) is 12.1 Å². The number of rotatable bonds is 3. The lowest BCUT2D eigenvalue weighted by Crippen LogP contribution is -2.28. The molecule has 25 heavy (non-hydrogen) atoms. The molecule has 1 aliphatic heterocycles. The number of aryl methyl sites for hydroxylation is 1. The quantitative estimate of drug-likeness (QED) is 0.428. The minimum atomic E-state index is -0.806. The first-order valence-corrected chi connectivity index (χ1v) is 7.69. The van der Waals surface area contributed by atoms with Crippen LogP contribution in [-0.4, -0.2) is 11.3 Å². The largest absolute Gasteiger partial charge is 0.435 e. The molecule has 3 aromatic rings. The zero-order valence-corrected chi connectivity index (χ0v) is 13.4. The molecule has 0 saturated heterocycles. The van der Waals surface area contributed by atoms with Gasteiger partial charge in [0.05, 0.1) is 22.4 Å². The number of ether oxygens (including phenoxy) is 2. The molecular weight excluding hydrogens is 322 g/mol. The smallest absolute Gasteiger partial charge is 0.325 e. The van der Waals surface area contributed by atoms with Crippen molar-refractivity contribution in [2.75, 3.05) is 11.1 Å². The van der Waals surface area contributed by atoms with Crippen LogP contribution in [0.2, 0.25) is 0 Å². The Balaban J connectivity index is 1.63. The highest BCUT2D eigenvalue weighted by Gasteiger charge is 2.27. The van der Waals surface area contributed by atoms with Crippen molar-refractivity contribution >= 4 is 27.8 Å². The second-order valence-electron chi connectivity index (χ2n) is 5.81. The molecule has 1 aliphatic rings. The van der Waals surface area contributed by atoms with E-state index in [-0.39, 0.29) is 5.69 Å². The van der Waals surface area contributed by atoms with Crippen molar-refractivity contribution in [2.45, 2.75) is 13.3 Å². The number of nitrogens with one attached hydrogen (secondary N) is 1. The average Bonchev–Trinajstić information content (AvgIpc) is 3.00. The van der Waals surface area contributed by atoms with Gasteiger partial charge in [0.25, 0.3) is 5.69 Å². The zero-order valence-electron chi connectivity index (χ0n) is 13.4. The summed E-state index contributed by atoms with van der Waals surface area (Å²) in [6, 6.07) is 14.1. The molecule has 0 fully saturated rings. The molecule has 0 aliphatic carbocycles. The SMILES string of the molecule is Cc1cc2ccccc2c(N)c1OC1Nc2ccc([N+](=O)[O-])cc2O1. The summed E-state index contributed by atoms with van der Waals surface area (Å²) in [5, 5.41) is 15.8. The van der Waals surface area contributed by atoms with E-state index in [0.717, 1.165) is 16.3 Å². The fourth-order valence-electron chi connectivity index (χ4n) is 2.93. The number of benzene rings is 3. The Hall–Kier alpha value is -3.48. The van der Waals surface area contributed by atoms with Crippen molar-refractivity contribution in [1.82, 2.24) is 0 Å². The highest BCUT2D eigenvalue weighted by atomic mass is 16.7. The van der Waals surface area contributed by atoms with Gasteiger partial charge in [-0.1, -0.05) is 24.3 Å². The van der Waals surface area contributed by atoms with Gasteiger partial charge in [-0.25, -0.2) is 0 Å². The molecule has 0 radical (unpaired) electrons.